The van der Waals surface area contributed by atoms with E-state index in [9.17, 15) is 14.4 Å². The molecular weight excluding hydrogens is 466 g/mol. The first-order valence-electron chi connectivity index (χ1n) is 11.3. The van der Waals surface area contributed by atoms with Crippen LogP contribution in [-0.2, 0) is 16.1 Å². The van der Waals surface area contributed by atoms with Gasteiger partial charge >= 0.3 is 5.97 Å². The maximum absolute atomic E-state index is 12.6. The van der Waals surface area contributed by atoms with Gasteiger partial charge in [0.15, 0.2) is 11.0 Å². The third-order valence-electron chi connectivity index (χ3n) is 5.09. The molecule has 0 aliphatic heterocycles. The van der Waals surface area contributed by atoms with Crippen LogP contribution >= 0.6 is 11.8 Å². The Balaban J connectivity index is 1.58. The van der Waals surface area contributed by atoms with Crippen LogP contribution in [0.25, 0.3) is 0 Å². The molecule has 1 unspecified atom stereocenters. The van der Waals surface area contributed by atoms with Gasteiger partial charge in [-0.2, -0.15) is 0 Å². The van der Waals surface area contributed by atoms with Gasteiger partial charge in [0.05, 0.1) is 24.0 Å². The molecule has 1 atom stereocenters. The van der Waals surface area contributed by atoms with Crippen molar-refractivity contribution in [2.45, 2.75) is 45.4 Å². The lowest BCUT2D eigenvalue weighted by Crippen LogP contribution is -2.28. The molecule has 3 aromatic rings. The van der Waals surface area contributed by atoms with E-state index in [1.54, 1.807) is 37.3 Å². The molecule has 0 aliphatic carbocycles. The summed E-state index contributed by atoms with van der Waals surface area (Å²) in [6.07, 6.45) is 0. The van der Waals surface area contributed by atoms with Crippen LogP contribution in [-0.4, -0.2) is 44.9 Å². The number of rotatable bonds is 10. The number of carbonyl (C=O) groups excluding carboxylic acids is 3. The molecule has 2 N–H and O–H groups in total. The minimum Gasteiger partial charge on any atom is -0.462 e. The molecule has 1 heterocycles. The lowest BCUT2D eigenvalue weighted by molar-refractivity contribution is -0.113. The fourth-order valence-electron chi connectivity index (χ4n) is 3.39. The Kier molecular flexibility index (Phi) is 9.02. The minimum absolute atomic E-state index is 0.127. The highest BCUT2D eigenvalue weighted by atomic mass is 32.2. The number of amides is 2. The van der Waals surface area contributed by atoms with Crippen molar-refractivity contribution in [1.29, 1.82) is 0 Å². The zero-order valence-electron chi connectivity index (χ0n) is 20.2. The third kappa shape index (κ3) is 6.92. The highest BCUT2D eigenvalue weighted by Crippen LogP contribution is 2.21. The number of nitrogens with zero attached hydrogens (tertiary/aromatic N) is 3. The summed E-state index contributed by atoms with van der Waals surface area (Å²) < 4.78 is 6.84. The van der Waals surface area contributed by atoms with Crippen molar-refractivity contribution in [2.75, 3.05) is 17.7 Å². The summed E-state index contributed by atoms with van der Waals surface area (Å²) in [6, 6.07) is 13.5. The molecule has 0 spiro atoms. The molecule has 184 valence electrons. The topological polar surface area (TPSA) is 115 Å². The van der Waals surface area contributed by atoms with E-state index in [-0.39, 0.29) is 23.6 Å². The van der Waals surface area contributed by atoms with Crippen LogP contribution in [0.2, 0.25) is 0 Å². The van der Waals surface area contributed by atoms with Gasteiger partial charge < -0.3 is 19.9 Å². The van der Waals surface area contributed by atoms with Crippen molar-refractivity contribution in [3.63, 3.8) is 0 Å². The standard InChI is InChI=1S/C25H29N5O4S/c1-5-30-22(17(4)26-23(32)19-9-7-8-16(3)14-19)28-29-25(30)35-15-21(31)27-20-12-10-18(11-13-20)24(33)34-6-2/h7-14,17H,5-6,15H2,1-4H3,(H,26,32)(H,27,31). The number of esters is 1. The molecular formula is C25H29N5O4S. The van der Waals surface area contributed by atoms with Crippen molar-refractivity contribution in [1.82, 2.24) is 20.1 Å². The quantitative estimate of drug-likeness (QED) is 0.323. The van der Waals surface area contributed by atoms with E-state index >= 15 is 0 Å². The monoisotopic (exact) mass is 495 g/mol. The van der Waals surface area contributed by atoms with Crippen LogP contribution in [0, 0.1) is 6.92 Å². The number of hydrogen-bond donors (Lipinski definition) is 2. The van der Waals surface area contributed by atoms with E-state index in [1.807, 2.05) is 43.5 Å². The maximum atomic E-state index is 12.6. The van der Waals surface area contributed by atoms with Gasteiger partial charge in [0.1, 0.15) is 0 Å². The van der Waals surface area contributed by atoms with Crippen LogP contribution in [0.4, 0.5) is 5.69 Å². The SMILES string of the molecule is CCOC(=O)c1ccc(NC(=O)CSc2nnc(C(C)NC(=O)c3cccc(C)c3)n2CC)cc1. The number of nitrogens with one attached hydrogen (secondary N) is 2. The van der Waals surface area contributed by atoms with Gasteiger partial charge in [-0.25, -0.2) is 4.79 Å². The molecule has 0 fully saturated rings. The molecule has 0 radical (unpaired) electrons. The molecule has 0 bridgehead atoms. The molecule has 0 saturated heterocycles. The summed E-state index contributed by atoms with van der Waals surface area (Å²) in [6.45, 7) is 8.38. The second-order valence-corrected chi connectivity index (χ2v) is 8.73. The Bertz CT molecular complexity index is 1190. The van der Waals surface area contributed by atoms with Gasteiger partial charge in [0.2, 0.25) is 5.91 Å². The third-order valence-corrected chi connectivity index (χ3v) is 6.06. The molecule has 10 heteroatoms. The number of hydrogen-bond acceptors (Lipinski definition) is 7. The number of aromatic nitrogens is 3. The van der Waals surface area contributed by atoms with Crippen LogP contribution in [0.1, 0.15) is 58.9 Å². The Hall–Kier alpha value is -3.66. The average Bonchev–Trinajstić information content (AvgIpc) is 3.26. The smallest absolute Gasteiger partial charge is 0.338 e. The van der Waals surface area contributed by atoms with Gasteiger partial charge in [-0.15, -0.1) is 10.2 Å². The molecule has 2 amide bonds. The van der Waals surface area contributed by atoms with Crippen molar-refractivity contribution in [3.05, 3.63) is 71.0 Å². The normalized spacial score (nSPS) is 11.5. The summed E-state index contributed by atoms with van der Waals surface area (Å²) in [4.78, 5) is 36.8. The average molecular weight is 496 g/mol. The van der Waals surface area contributed by atoms with Gasteiger partial charge in [-0.05, 0) is 64.1 Å². The predicted octanol–water partition coefficient (Wildman–Crippen LogP) is 4.00. The summed E-state index contributed by atoms with van der Waals surface area (Å²) in [5.41, 5.74) is 2.59. The van der Waals surface area contributed by atoms with Crippen LogP contribution in [0.5, 0.6) is 0 Å². The minimum atomic E-state index is -0.403. The Morgan fingerprint density at radius 1 is 1.06 bits per heavy atom. The first kappa shape index (κ1) is 26.0. The maximum Gasteiger partial charge on any atom is 0.338 e. The van der Waals surface area contributed by atoms with Gasteiger partial charge in [-0.3, -0.25) is 9.59 Å². The van der Waals surface area contributed by atoms with Crippen LogP contribution < -0.4 is 10.6 Å². The number of anilines is 1. The molecule has 35 heavy (non-hydrogen) atoms. The lowest BCUT2D eigenvalue weighted by Gasteiger charge is -2.15. The molecule has 9 nitrogen and oxygen atoms in total. The number of ether oxygens (including phenoxy) is 1. The van der Waals surface area contributed by atoms with Gasteiger partial charge in [0.25, 0.3) is 5.91 Å². The zero-order chi connectivity index (χ0) is 25.4. The molecule has 2 aromatic carbocycles. The zero-order valence-corrected chi connectivity index (χ0v) is 21.0. The van der Waals surface area contributed by atoms with E-state index < -0.39 is 5.97 Å². The molecule has 3 rings (SSSR count). The molecule has 0 saturated carbocycles. The second kappa shape index (κ2) is 12.2. The Labute approximate surface area is 208 Å². The van der Waals surface area contributed by atoms with Crippen molar-refractivity contribution in [2.24, 2.45) is 0 Å². The first-order valence-corrected chi connectivity index (χ1v) is 12.3. The summed E-state index contributed by atoms with van der Waals surface area (Å²) in [7, 11) is 0. The Morgan fingerprint density at radius 3 is 2.46 bits per heavy atom. The summed E-state index contributed by atoms with van der Waals surface area (Å²) in [5, 5.41) is 14.8. The fourth-order valence-corrected chi connectivity index (χ4v) is 4.20. The van der Waals surface area contributed by atoms with E-state index in [1.165, 1.54) is 11.8 Å². The predicted molar refractivity (Wildman–Crippen MR) is 135 cm³/mol. The summed E-state index contributed by atoms with van der Waals surface area (Å²) >= 11 is 1.26. The lowest BCUT2D eigenvalue weighted by atomic mass is 10.1. The van der Waals surface area contributed by atoms with E-state index in [0.717, 1.165) is 5.56 Å². The number of benzene rings is 2. The second-order valence-electron chi connectivity index (χ2n) is 7.78. The molecule has 0 aliphatic rings. The summed E-state index contributed by atoms with van der Waals surface area (Å²) in [5.74, 6) is -0.0610. The van der Waals surface area contributed by atoms with Gasteiger partial charge in [-0.1, -0.05) is 29.5 Å². The largest absolute Gasteiger partial charge is 0.462 e. The van der Waals surface area contributed by atoms with Crippen LogP contribution in [0.3, 0.4) is 0 Å². The van der Waals surface area contributed by atoms with Crippen LogP contribution in [0.15, 0.2) is 53.7 Å². The Morgan fingerprint density at radius 2 is 1.80 bits per heavy atom. The fraction of sp³-hybridized carbons (Fsp3) is 0.320. The number of aryl methyl sites for hydroxylation is 1. The van der Waals surface area contributed by atoms with Gasteiger partial charge in [0, 0.05) is 17.8 Å². The van der Waals surface area contributed by atoms with Crippen molar-refractivity contribution >= 4 is 35.2 Å². The first-order chi connectivity index (χ1) is 16.8. The number of thioether (sulfide) groups is 1. The van der Waals surface area contributed by atoms with Crippen molar-refractivity contribution in [3.8, 4) is 0 Å². The van der Waals surface area contributed by atoms with E-state index in [0.29, 0.717) is 40.9 Å². The highest BCUT2D eigenvalue weighted by molar-refractivity contribution is 7.99. The molecule has 1 aromatic heterocycles. The highest BCUT2D eigenvalue weighted by Gasteiger charge is 2.20. The number of carbonyl (C=O) groups is 3. The van der Waals surface area contributed by atoms with Crippen molar-refractivity contribution < 1.29 is 19.1 Å². The van der Waals surface area contributed by atoms with E-state index in [4.69, 9.17) is 4.74 Å². The van der Waals surface area contributed by atoms with E-state index in [2.05, 4.69) is 20.8 Å².